The highest BCUT2D eigenvalue weighted by atomic mass is 15.2. The Morgan fingerprint density at radius 3 is 2.53 bits per heavy atom. The first-order valence-corrected chi connectivity index (χ1v) is 7.81. The lowest BCUT2D eigenvalue weighted by atomic mass is 9.84. The second-order valence-corrected chi connectivity index (χ2v) is 6.07. The molecule has 0 spiro atoms. The van der Waals surface area contributed by atoms with E-state index in [1.807, 2.05) is 0 Å². The molecule has 0 aromatic carbocycles. The van der Waals surface area contributed by atoms with Crippen molar-refractivity contribution >= 4 is 0 Å². The van der Waals surface area contributed by atoms with Crippen LogP contribution in [0.15, 0.2) is 0 Å². The molecule has 2 atom stereocenters. The predicted octanol–water partition coefficient (Wildman–Crippen LogP) is 3.16. The van der Waals surface area contributed by atoms with E-state index in [-0.39, 0.29) is 0 Å². The summed E-state index contributed by atoms with van der Waals surface area (Å²) in [5.74, 6) is 0.968. The van der Waals surface area contributed by atoms with Crippen molar-refractivity contribution in [1.82, 2.24) is 4.90 Å². The van der Waals surface area contributed by atoms with Gasteiger partial charge >= 0.3 is 0 Å². The van der Waals surface area contributed by atoms with E-state index >= 15 is 0 Å². The van der Waals surface area contributed by atoms with Gasteiger partial charge in [-0.15, -0.1) is 0 Å². The Balaban J connectivity index is 1.86. The van der Waals surface area contributed by atoms with E-state index in [0.29, 0.717) is 6.04 Å². The normalized spacial score (nSPS) is 29.6. The van der Waals surface area contributed by atoms with Crippen LogP contribution in [-0.4, -0.2) is 30.1 Å². The first kappa shape index (κ1) is 13.4. The van der Waals surface area contributed by atoms with E-state index in [0.717, 1.165) is 18.5 Å². The molecule has 2 heteroatoms. The molecule has 2 aliphatic rings. The number of rotatable bonds is 5. The zero-order valence-electron chi connectivity index (χ0n) is 11.5. The van der Waals surface area contributed by atoms with Crippen molar-refractivity contribution < 1.29 is 0 Å². The number of hydrogen-bond donors (Lipinski definition) is 1. The van der Waals surface area contributed by atoms with Gasteiger partial charge in [0, 0.05) is 18.6 Å². The quantitative estimate of drug-likeness (QED) is 0.797. The van der Waals surface area contributed by atoms with Crippen LogP contribution in [-0.2, 0) is 0 Å². The summed E-state index contributed by atoms with van der Waals surface area (Å²) in [6.45, 7) is 4.50. The molecule has 2 nitrogen and oxygen atoms in total. The van der Waals surface area contributed by atoms with E-state index in [1.165, 1.54) is 64.3 Å². The van der Waals surface area contributed by atoms with E-state index in [4.69, 9.17) is 5.73 Å². The summed E-state index contributed by atoms with van der Waals surface area (Å²) in [5.41, 5.74) is 6.05. The average molecular weight is 238 g/mol. The molecule has 0 amide bonds. The van der Waals surface area contributed by atoms with Gasteiger partial charge < -0.3 is 5.73 Å². The zero-order chi connectivity index (χ0) is 12.1. The van der Waals surface area contributed by atoms with Crippen molar-refractivity contribution in [3.05, 3.63) is 0 Å². The Labute approximate surface area is 107 Å². The summed E-state index contributed by atoms with van der Waals surface area (Å²) < 4.78 is 0. The fraction of sp³-hybridized carbons (Fsp3) is 1.00. The van der Waals surface area contributed by atoms with Gasteiger partial charge in [-0.25, -0.2) is 0 Å². The smallest absolute Gasteiger partial charge is 0.0223 e. The summed E-state index contributed by atoms with van der Waals surface area (Å²) in [5, 5.41) is 0. The topological polar surface area (TPSA) is 29.3 Å². The summed E-state index contributed by atoms with van der Waals surface area (Å²) in [6, 6.07) is 1.50. The third-order valence-electron chi connectivity index (χ3n) is 4.97. The minimum Gasteiger partial charge on any atom is -0.329 e. The molecule has 0 radical (unpaired) electrons. The lowest BCUT2D eigenvalue weighted by Crippen LogP contribution is -2.44. The van der Waals surface area contributed by atoms with Crippen molar-refractivity contribution in [2.75, 3.05) is 13.1 Å². The maximum Gasteiger partial charge on any atom is 0.0223 e. The van der Waals surface area contributed by atoms with Gasteiger partial charge in [-0.2, -0.15) is 0 Å². The first-order valence-electron chi connectivity index (χ1n) is 7.81. The molecule has 17 heavy (non-hydrogen) atoms. The average Bonchev–Trinajstić information content (AvgIpc) is 2.85. The van der Waals surface area contributed by atoms with Crippen LogP contribution in [0.2, 0.25) is 0 Å². The highest BCUT2D eigenvalue weighted by Gasteiger charge is 2.30. The predicted molar refractivity (Wildman–Crippen MR) is 74.1 cm³/mol. The van der Waals surface area contributed by atoms with Crippen molar-refractivity contribution in [3.63, 3.8) is 0 Å². The molecule has 2 N–H and O–H groups in total. The third-order valence-corrected chi connectivity index (χ3v) is 4.97. The molecule has 0 bridgehead atoms. The van der Waals surface area contributed by atoms with Gasteiger partial charge in [0.15, 0.2) is 0 Å². The van der Waals surface area contributed by atoms with Crippen LogP contribution in [0.3, 0.4) is 0 Å². The van der Waals surface area contributed by atoms with Crippen LogP contribution in [0.5, 0.6) is 0 Å². The molecule has 1 saturated heterocycles. The Morgan fingerprint density at radius 1 is 1.12 bits per heavy atom. The van der Waals surface area contributed by atoms with Crippen molar-refractivity contribution in [2.24, 2.45) is 11.7 Å². The lowest BCUT2D eigenvalue weighted by Gasteiger charge is -2.35. The first-order chi connectivity index (χ1) is 8.35. The fourth-order valence-electron chi connectivity index (χ4n) is 3.95. The zero-order valence-corrected chi connectivity index (χ0v) is 11.5. The van der Waals surface area contributed by atoms with Crippen molar-refractivity contribution in [3.8, 4) is 0 Å². The van der Waals surface area contributed by atoms with Crippen LogP contribution < -0.4 is 5.73 Å². The highest BCUT2D eigenvalue weighted by Crippen LogP contribution is 2.31. The van der Waals surface area contributed by atoms with Crippen molar-refractivity contribution in [2.45, 2.75) is 76.8 Å². The van der Waals surface area contributed by atoms with Crippen LogP contribution >= 0.6 is 0 Å². The van der Waals surface area contributed by atoms with Gasteiger partial charge in [0.2, 0.25) is 0 Å². The third kappa shape index (κ3) is 3.45. The molecule has 2 rings (SSSR count). The number of nitrogens with zero attached hydrogens (tertiary/aromatic N) is 1. The summed E-state index contributed by atoms with van der Waals surface area (Å²) in [6.07, 6.45) is 12.8. The maximum atomic E-state index is 6.05. The standard InChI is InChI=1S/C15H30N2/c1-2-14-9-6-10-17(14)15(12-16)11-13-7-4-3-5-8-13/h13-15H,2-12,16H2,1H3. The highest BCUT2D eigenvalue weighted by molar-refractivity contribution is 4.86. The van der Waals surface area contributed by atoms with Gasteiger partial charge in [0.05, 0.1) is 0 Å². The molecule has 0 aromatic rings. The Morgan fingerprint density at radius 2 is 1.88 bits per heavy atom. The van der Waals surface area contributed by atoms with Crippen LogP contribution in [0.1, 0.15) is 64.7 Å². The molecular formula is C15H30N2. The van der Waals surface area contributed by atoms with Gasteiger partial charge in [-0.3, -0.25) is 4.90 Å². The van der Waals surface area contributed by atoms with Crippen LogP contribution in [0.4, 0.5) is 0 Å². The molecule has 1 heterocycles. The fourth-order valence-corrected chi connectivity index (χ4v) is 3.95. The van der Waals surface area contributed by atoms with E-state index in [2.05, 4.69) is 11.8 Å². The van der Waals surface area contributed by atoms with Crippen LogP contribution in [0.25, 0.3) is 0 Å². The Hall–Kier alpha value is -0.0800. The van der Waals surface area contributed by atoms with E-state index in [1.54, 1.807) is 0 Å². The Bertz CT molecular complexity index is 211. The van der Waals surface area contributed by atoms with Crippen molar-refractivity contribution in [1.29, 1.82) is 0 Å². The maximum absolute atomic E-state index is 6.05. The summed E-state index contributed by atoms with van der Waals surface area (Å²) in [7, 11) is 0. The Kier molecular flexibility index (Phi) is 5.30. The molecule has 2 fully saturated rings. The summed E-state index contributed by atoms with van der Waals surface area (Å²) >= 11 is 0. The van der Waals surface area contributed by atoms with Gasteiger partial charge in [0.25, 0.3) is 0 Å². The van der Waals surface area contributed by atoms with Gasteiger partial charge in [0.1, 0.15) is 0 Å². The molecule has 0 aromatic heterocycles. The molecule has 1 saturated carbocycles. The minimum atomic E-state index is 0.672. The molecule has 100 valence electrons. The van der Waals surface area contributed by atoms with Gasteiger partial charge in [-0.1, -0.05) is 39.0 Å². The molecule has 1 aliphatic carbocycles. The largest absolute Gasteiger partial charge is 0.329 e. The number of hydrogen-bond acceptors (Lipinski definition) is 2. The van der Waals surface area contributed by atoms with Gasteiger partial charge in [-0.05, 0) is 38.1 Å². The second-order valence-electron chi connectivity index (χ2n) is 6.07. The van der Waals surface area contributed by atoms with E-state index in [9.17, 15) is 0 Å². The molecule has 1 aliphatic heterocycles. The minimum absolute atomic E-state index is 0.672. The molecule has 2 unspecified atom stereocenters. The second kappa shape index (κ2) is 6.75. The molecular weight excluding hydrogens is 208 g/mol. The van der Waals surface area contributed by atoms with E-state index < -0.39 is 0 Å². The monoisotopic (exact) mass is 238 g/mol. The van der Waals surface area contributed by atoms with Crippen LogP contribution in [0, 0.1) is 5.92 Å². The number of nitrogens with two attached hydrogens (primary N) is 1. The summed E-state index contributed by atoms with van der Waals surface area (Å²) in [4.78, 5) is 2.73. The SMILES string of the molecule is CCC1CCCN1C(CN)CC1CCCCC1. The number of likely N-dealkylation sites (tertiary alicyclic amines) is 1. The lowest BCUT2D eigenvalue weighted by molar-refractivity contribution is 0.144.